The Bertz CT molecular complexity index is 741. The van der Waals surface area contributed by atoms with Crippen LogP contribution in [-0.4, -0.2) is 60.2 Å². The highest BCUT2D eigenvalue weighted by Crippen LogP contribution is 2.31. The van der Waals surface area contributed by atoms with E-state index in [0.29, 0.717) is 55.4 Å². The first-order chi connectivity index (χ1) is 15.2. The number of ether oxygens (including phenoxy) is 2. The van der Waals surface area contributed by atoms with Crippen LogP contribution in [0.4, 0.5) is 0 Å². The number of aliphatic hydroxyl groups is 2. The van der Waals surface area contributed by atoms with Gasteiger partial charge in [0.2, 0.25) is 0 Å². The van der Waals surface area contributed by atoms with Crippen LogP contribution in [0.1, 0.15) is 57.1 Å². The molecule has 0 amide bonds. The zero-order chi connectivity index (χ0) is 24.1. The summed E-state index contributed by atoms with van der Waals surface area (Å²) in [4.78, 5) is 15.5. The zero-order valence-electron chi connectivity index (χ0n) is 19.6. The first-order valence-corrected chi connectivity index (χ1v) is 11.0. The van der Waals surface area contributed by atoms with Crippen molar-refractivity contribution in [1.29, 1.82) is 0 Å². The number of phenolic OH excluding ortho intramolecular Hbond substituents is 1. The molecule has 0 radical (unpaired) electrons. The monoisotopic (exact) mass is 453 g/mol. The van der Waals surface area contributed by atoms with E-state index in [0.717, 1.165) is 18.4 Å². The number of nitrogens with one attached hydrogen (secondary N) is 1. The van der Waals surface area contributed by atoms with Crippen molar-refractivity contribution in [3.05, 3.63) is 23.3 Å². The summed E-state index contributed by atoms with van der Waals surface area (Å²) in [6, 6.07) is 3.14. The quantitative estimate of drug-likeness (QED) is 0.163. The molecular formula is C23H39N3O6. The highest BCUT2D eigenvalue weighted by molar-refractivity contribution is 5.77. The van der Waals surface area contributed by atoms with Gasteiger partial charge in [0.15, 0.2) is 17.5 Å². The third-order valence-electron chi connectivity index (χ3n) is 5.57. The average molecular weight is 454 g/mol. The summed E-state index contributed by atoms with van der Waals surface area (Å²) in [5, 5.41) is 33.1. The summed E-state index contributed by atoms with van der Waals surface area (Å²) < 4.78 is 10.6. The highest BCUT2D eigenvalue weighted by Gasteiger charge is 2.20. The Morgan fingerprint density at radius 2 is 1.97 bits per heavy atom. The van der Waals surface area contributed by atoms with Gasteiger partial charge in [-0.1, -0.05) is 13.3 Å². The lowest BCUT2D eigenvalue weighted by Gasteiger charge is -2.23. The smallest absolute Gasteiger partial charge is 0.302 e. The van der Waals surface area contributed by atoms with Gasteiger partial charge in [-0.2, -0.15) is 0 Å². The van der Waals surface area contributed by atoms with Crippen LogP contribution in [0, 0.1) is 5.92 Å². The molecule has 182 valence electrons. The summed E-state index contributed by atoms with van der Waals surface area (Å²) >= 11 is 0. The Morgan fingerprint density at radius 1 is 1.25 bits per heavy atom. The van der Waals surface area contributed by atoms with E-state index in [4.69, 9.17) is 15.2 Å². The molecule has 0 aliphatic heterocycles. The Balaban J connectivity index is 2.70. The number of aliphatic hydroxyl groups excluding tert-OH is 2. The van der Waals surface area contributed by atoms with Crippen LogP contribution in [0.5, 0.6) is 11.5 Å². The molecule has 1 aromatic carbocycles. The number of phenols is 1. The molecule has 9 heteroatoms. The van der Waals surface area contributed by atoms with E-state index in [-0.39, 0.29) is 12.4 Å². The highest BCUT2D eigenvalue weighted by atomic mass is 16.5. The van der Waals surface area contributed by atoms with Gasteiger partial charge in [-0.05, 0) is 54.9 Å². The molecular weight excluding hydrogens is 414 g/mol. The topological polar surface area (TPSA) is 147 Å². The van der Waals surface area contributed by atoms with Crippen molar-refractivity contribution in [2.45, 2.75) is 71.2 Å². The first kappa shape index (κ1) is 27.5. The number of aliphatic imine (C=N–C) groups is 1. The van der Waals surface area contributed by atoms with Crippen molar-refractivity contribution in [3.8, 4) is 11.5 Å². The van der Waals surface area contributed by atoms with Crippen LogP contribution in [-0.2, 0) is 22.6 Å². The number of rotatable bonds is 14. The summed E-state index contributed by atoms with van der Waals surface area (Å²) in [6.07, 6.45) is 2.54. The van der Waals surface area contributed by atoms with Gasteiger partial charge in [-0.25, -0.2) is 0 Å². The second kappa shape index (κ2) is 14.5. The molecule has 0 saturated heterocycles. The van der Waals surface area contributed by atoms with Crippen LogP contribution in [0.15, 0.2) is 17.1 Å². The van der Waals surface area contributed by atoms with Crippen molar-refractivity contribution >= 4 is 11.9 Å². The van der Waals surface area contributed by atoms with Crippen LogP contribution >= 0.6 is 0 Å². The third kappa shape index (κ3) is 9.74. The fourth-order valence-electron chi connectivity index (χ4n) is 3.60. The Kier molecular flexibility index (Phi) is 12.5. The molecule has 0 aromatic heterocycles. The summed E-state index contributed by atoms with van der Waals surface area (Å²) in [5.41, 5.74) is 7.05. The van der Waals surface area contributed by atoms with E-state index in [2.05, 4.69) is 17.2 Å². The molecule has 0 saturated carbocycles. The zero-order valence-corrected chi connectivity index (χ0v) is 19.6. The van der Waals surface area contributed by atoms with Crippen LogP contribution < -0.4 is 15.8 Å². The van der Waals surface area contributed by atoms with E-state index < -0.39 is 18.2 Å². The fourth-order valence-corrected chi connectivity index (χ4v) is 3.60. The number of benzene rings is 1. The lowest BCUT2D eigenvalue weighted by molar-refractivity contribution is -0.148. The van der Waals surface area contributed by atoms with E-state index in [1.807, 2.05) is 0 Å². The van der Waals surface area contributed by atoms with Crippen molar-refractivity contribution in [3.63, 3.8) is 0 Å². The van der Waals surface area contributed by atoms with Gasteiger partial charge in [0, 0.05) is 26.9 Å². The fraction of sp³-hybridized carbons (Fsp3) is 0.652. The first-order valence-electron chi connectivity index (χ1n) is 11.0. The lowest BCUT2D eigenvalue weighted by atomic mass is 9.94. The molecule has 1 aromatic rings. The van der Waals surface area contributed by atoms with Crippen LogP contribution in [0.2, 0.25) is 0 Å². The molecule has 0 unspecified atom stereocenters. The molecule has 0 bridgehead atoms. The second-order valence-corrected chi connectivity index (χ2v) is 7.95. The molecule has 0 heterocycles. The number of nitrogens with two attached hydrogens (primary N) is 1. The number of carbonyl (C=O) groups is 1. The molecule has 32 heavy (non-hydrogen) atoms. The number of nitrogens with zero attached hydrogens (tertiary/aromatic N) is 1. The minimum absolute atomic E-state index is 0.0424. The normalized spacial score (nSPS) is 14.5. The van der Waals surface area contributed by atoms with Crippen LogP contribution in [0.25, 0.3) is 0 Å². The standard InChI is InChI=1S/C23H39N3O6/c1-5-16(13-26-23(24)25-3)6-8-19(29)12-20(32-15(2)28)9-7-17-11-22(31-4)21(30)10-18(17)14-27/h10-11,16,19-20,27,29-30H,5-9,12-14H2,1-4H3,(H3,24,25,26)/t16-,19+,20-/m1/s1. The molecule has 3 atom stereocenters. The minimum Gasteiger partial charge on any atom is -0.504 e. The predicted octanol–water partition coefficient (Wildman–Crippen LogP) is 1.85. The van der Waals surface area contributed by atoms with E-state index >= 15 is 0 Å². The van der Waals surface area contributed by atoms with E-state index in [1.54, 1.807) is 13.1 Å². The number of aromatic hydroxyl groups is 1. The number of guanidine groups is 1. The number of esters is 1. The van der Waals surface area contributed by atoms with Gasteiger partial charge in [0.25, 0.3) is 0 Å². The Hall–Kier alpha value is -2.52. The second-order valence-electron chi connectivity index (χ2n) is 7.95. The molecule has 0 aliphatic carbocycles. The third-order valence-corrected chi connectivity index (χ3v) is 5.57. The number of carbonyl (C=O) groups excluding carboxylic acids is 1. The summed E-state index contributed by atoms with van der Waals surface area (Å²) in [5.74, 6) is 0.604. The van der Waals surface area contributed by atoms with Gasteiger partial charge in [-0.15, -0.1) is 0 Å². The Labute approximate surface area is 190 Å². The van der Waals surface area contributed by atoms with Gasteiger partial charge < -0.3 is 35.8 Å². The van der Waals surface area contributed by atoms with Gasteiger partial charge in [0.1, 0.15) is 6.10 Å². The predicted molar refractivity (Wildman–Crippen MR) is 124 cm³/mol. The minimum atomic E-state index is -0.614. The van der Waals surface area contributed by atoms with Crippen LogP contribution in [0.3, 0.4) is 0 Å². The summed E-state index contributed by atoms with van der Waals surface area (Å²) in [6.45, 7) is 3.89. The van der Waals surface area contributed by atoms with Gasteiger partial charge >= 0.3 is 5.97 Å². The molecule has 1 rings (SSSR count). The van der Waals surface area contributed by atoms with Crippen molar-refractivity contribution in [1.82, 2.24) is 5.32 Å². The van der Waals surface area contributed by atoms with Gasteiger partial charge in [0.05, 0.1) is 19.8 Å². The molecule has 9 nitrogen and oxygen atoms in total. The van der Waals surface area contributed by atoms with Crippen molar-refractivity contribution in [2.24, 2.45) is 16.6 Å². The number of methoxy groups -OCH3 is 1. The lowest BCUT2D eigenvalue weighted by Crippen LogP contribution is -2.35. The average Bonchev–Trinajstić information content (AvgIpc) is 2.77. The maximum atomic E-state index is 11.6. The number of aryl methyl sites for hydroxylation is 1. The molecule has 0 aliphatic rings. The molecule has 6 N–H and O–H groups in total. The number of hydrogen-bond acceptors (Lipinski definition) is 7. The van der Waals surface area contributed by atoms with Gasteiger partial charge in [-0.3, -0.25) is 9.79 Å². The summed E-state index contributed by atoms with van der Waals surface area (Å²) in [7, 11) is 3.08. The largest absolute Gasteiger partial charge is 0.504 e. The van der Waals surface area contributed by atoms with E-state index in [9.17, 15) is 20.1 Å². The SMILES string of the molecule is CC[C@H](CC[C@H](O)C[C@@H](CCc1cc(OC)c(O)cc1CO)OC(C)=O)CNC(N)=NC. The van der Waals surface area contributed by atoms with Crippen molar-refractivity contribution in [2.75, 3.05) is 20.7 Å². The maximum absolute atomic E-state index is 11.6. The molecule has 0 spiro atoms. The van der Waals surface area contributed by atoms with E-state index in [1.165, 1.54) is 20.1 Å². The Morgan fingerprint density at radius 3 is 2.53 bits per heavy atom. The maximum Gasteiger partial charge on any atom is 0.302 e. The molecule has 0 fully saturated rings. The number of hydrogen-bond donors (Lipinski definition) is 5. The van der Waals surface area contributed by atoms with Crippen molar-refractivity contribution < 1.29 is 29.6 Å².